The van der Waals surface area contributed by atoms with Gasteiger partial charge in [-0.3, -0.25) is 0 Å². The van der Waals surface area contributed by atoms with E-state index >= 15 is 0 Å². The molecule has 1 N–H and O–H groups in total. The molecule has 3 nitrogen and oxygen atoms in total. The molecule has 2 rings (SSSR count). The molecule has 1 unspecified atom stereocenters. The number of fused-ring (bicyclic) bond motifs is 1. The number of aryl methyl sites for hydroxylation is 1. The molecule has 0 bridgehead atoms. The number of nitrogens with zero attached hydrogens (tertiary/aromatic N) is 2. The van der Waals surface area contributed by atoms with Crippen molar-refractivity contribution in [3.05, 3.63) is 17.7 Å². The van der Waals surface area contributed by atoms with Crippen LogP contribution in [0, 0.1) is 5.92 Å². The fourth-order valence-electron chi connectivity index (χ4n) is 2.48. The van der Waals surface area contributed by atoms with Crippen LogP contribution in [-0.4, -0.2) is 23.1 Å². The molecular weight excluding hydrogens is 186 g/mol. The third-order valence-electron chi connectivity index (χ3n) is 3.40. The van der Waals surface area contributed by atoms with Gasteiger partial charge in [-0.1, -0.05) is 6.92 Å². The monoisotopic (exact) mass is 207 g/mol. The van der Waals surface area contributed by atoms with E-state index < -0.39 is 0 Å². The van der Waals surface area contributed by atoms with Crippen LogP contribution in [0.5, 0.6) is 0 Å². The predicted molar refractivity (Wildman–Crippen MR) is 62.0 cm³/mol. The van der Waals surface area contributed by atoms with Crippen LogP contribution in [0.1, 0.15) is 31.3 Å². The van der Waals surface area contributed by atoms with Gasteiger partial charge in [-0.2, -0.15) is 0 Å². The fraction of sp³-hybridized carbons (Fsp3) is 0.750. The fourth-order valence-corrected chi connectivity index (χ4v) is 2.48. The van der Waals surface area contributed by atoms with E-state index in [1.54, 1.807) is 0 Å². The minimum atomic E-state index is 0.853. The Hall–Kier alpha value is -0.830. The molecule has 3 heteroatoms. The first-order chi connectivity index (χ1) is 7.35. The van der Waals surface area contributed by atoms with Crippen molar-refractivity contribution < 1.29 is 0 Å². The molecule has 0 saturated carbocycles. The summed E-state index contributed by atoms with van der Waals surface area (Å²) in [6.07, 6.45) is 6.96. The highest BCUT2D eigenvalue weighted by molar-refractivity contribution is 5.09. The lowest BCUT2D eigenvalue weighted by molar-refractivity contribution is 0.360. The zero-order chi connectivity index (χ0) is 10.7. The summed E-state index contributed by atoms with van der Waals surface area (Å²) in [5, 5.41) is 3.23. The summed E-state index contributed by atoms with van der Waals surface area (Å²) in [5.74, 6) is 2.11. The molecule has 1 aliphatic rings. The Labute approximate surface area is 91.9 Å². The standard InChI is InChI=1S/C12H21N3/c1-3-12-14-9-11-8-10(4-6-13-2)5-7-15(11)12/h9-10,13H,3-8H2,1-2H3. The predicted octanol–water partition coefficient (Wildman–Crippen LogP) is 1.62. The molecule has 0 aliphatic carbocycles. The lowest BCUT2D eigenvalue weighted by atomic mass is 9.93. The van der Waals surface area contributed by atoms with Crippen LogP contribution >= 0.6 is 0 Å². The Balaban J connectivity index is 2.01. The van der Waals surface area contributed by atoms with Crippen molar-refractivity contribution in [2.24, 2.45) is 5.92 Å². The Bertz CT molecular complexity index is 317. The number of hydrogen-bond donors (Lipinski definition) is 1. The molecule has 0 fully saturated rings. The van der Waals surface area contributed by atoms with Crippen molar-refractivity contribution in [3.63, 3.8) is 0 Å². The van der Waals surface area contributed by atoms with Gasteiger partial charge >= 0.3 is 0 Å². The molecule has 0 amide bonds. The van der Waals surface area contributed by atoms with Gasteiger partial charge in [0.25, 0.3) is 0 Å². The van der Waals surface area contributed by atoms with E-state index in [1.165, 1.54) is 37.3 Å². The summed E-state index contributed by atoms with van der Waals surface area (Å²) in [7, 11) is 2.03. The second-order valence-electron chi connectivity index (χ2n) is 4.42. The van der Waals surface area contributed by atoms with Gasteiger partial charge in [0.15, 0.2) is 0 Å². The highest BCUT2D eigenvalue weighted by atomic mass is 15.1. The number of nitrogens with one attached hydrogen (secondary N) is 1. The average Bonchev–Trinajstić information content (AvgIpc) is 2.68. The molecular formula is C12H21N3. The van der Waals surface area contributed by atoms with Crippen LogP contribution in [0.15, 0.2) is 6.20 Å². The third-order valence-corrected chi connectivity index (χ3v) is 3.40. The Morgan fingerprint density at radius 3 is 3.20 bits per heavy atom. The number of hydrogen-bond acceptors (Lipinski definition) is 2. The first kappa shape index (κ1) is 10.7. The van der Waals surface area contributed by atoms with E-state index in [9.17, 15) is 0 Å². The van der Waals surface area contributed by atoms with Crippen LogP contribution in [-0.2, 0) is 19.4 Å². The van der Waals surface area contributed by atoms with Crippen molar-refractivity contribution in [1.82, 2.24) is 14.9 Å². The molecule has 1 atom stereocenters. The van der Waals surface area contributed by atoms with E-state index in [4.69, 9.17) is 0 Å². The van der Waals surface area contributed by atoms with Gasteiger partial charge in [0.1, 0.15) is 5.82 Å². The molecule has 1 aromatic rings. The SMILES string of the molecule is CCc1ncc2n1CCC(CCNC)C2. The van der Waals surface area contributed by atoms with E-state index in [1.807, 2.05) is 7.05 Å². The summed E-state index contributed by atoms with van der Waals surface area (Å²) >= 11 is 0. The summed E-state index contributed by atoms with van der Waals surface area (Å²) < 4.78 is 2.41. The first-order valence-electron chi connectivity index (χ1n) is 6.03. The van der Waals surface area contributed by atoms with Crippen molar-refractivity contribution in [1.29, 1.82) is 0 Å². The maximum Gasteiger partial charge on any atom is 0.108 e. The molecule has 15 heavy (non-hydrogen) atoms. The summed E-state index contributed by atoms with van der Waals surface area (Å²) in [4.78, 5) is 4.48. The van der Waals surface area contributed by atoms with Crippen molar-refractivity contribution in [2.45, 2.75) is 39.2 Å². The zero-order valence-corrected chi connectivity index (χ0v) is 9.79. The largest absolute Gasteiger partial charge is 0.332 e. The molecule has 0 saturated heterocycles. The Morgan fingerprint density at radius 2 is 2.47 bits per heavy atom. The molecule has 1 aromatic heterocycles. The van der Waals surface area contributed by atoms with Crippen LogP contribution in [0.2, 0.25) is 0 Å². The third kappa shape index (κ3) is 2.23. The van der Waals surface area contributed by atoms with Gasteiger partial charge in [-0.15, -0.1) is 0 Å². The number of rotatable bonds is 4. The van der Waals surface area contributed by atoms with Gasteiger partial charge in [-0.05, 0) is 38.8 Å². The van der Waals surface area contributed by atoms with Crippen molar-refractivity contribution >= 4 is 0 Å². The highest BCUT2D eigenvalue weighted by Gasteiger charge is 2.20. The minimum Gasteiger partial charge on any atom is -0.332 e. The summed E-state index contributed by atoms with van der Waals surface area (Å²) in [6.45, 7) is 4.50. The van der Waals surface area contributed by atoms with Crippen molar-refractivity contribution in [3.8, 4) is 0 Å². The minimum absolute atomic E-state index is 0.853. The lowest BCUT2D eigenvalue weighted by Gasteiger charge is -2.24. The van der Waals surface area contributed by atoms with Gasteiger partial charge in [0.05, 0.1) is 0 Å². The van der Waals surface area contributed by atoms with Crippen molar-refractivity contribution in [2.75, 3.05) is 13.6 Å². The molecule has 0 aromatic carbocycles. The maximum atomic E-state index is 4.48. The van der Waals surface area contributed by atoms with Gasteiger partial charge in [-0.25, -0.2) is 4.98 Å². The summed E-state index contributed by atoms with van der Waals surface area (Å²) in [5.41, 5.74) is 1.44. The van der Waals surface area contributed by atoms with E-state index in [0.717, 1.165) is 18.9 Å². The second kappa shape index (κ2) is 4.79. The smallest absolute Gasteiger partial charge is 0.108 e. The van der Waals surface area contributed by atoms with Gasteiger partial charge in [0.2, 0.25) is 0 Å². The van der Waals surface area contributed by atoms with Crippen LogP contribution < -0.4 is 5.32 Å². The van der Waals surface area contributed by atoms with E-state index in [2.05, 4.69) is 28.0 Å². The summed E-state index contributed by atoms with van der Waals surface area (Å²) in [6, 6.07) is 0. The lowest BCUT2D eigenvalue weighted by Crippen LogP contribution is -2.23. The molecule has 1 aliphatic heterocycles. The normalized spacial score (nSPS) is 20.3. The van der Waals surface area contributed by atoms with E-state index in [0.29, 0.717) is 0 Å². The van der Waals surface area contributed by atoms with Gasteiger partial charge in [0, 0.05) is 24.9 Å². The molecule has 84 valence electrons. The Morgan fingerprint density at radius 1 is 1.60 bits per heavy atom. The van der Waals surface area contributed by atoms with Gasteiger partial charge < -0.3 is 9.88 Å². The molecule has 0 radical (unpaired) electrons. The first-order valence-corrected chi connectivity index (χ1v) is 6.03. The highest BCUT2D eigenvalue weighted by Crippen LogP contribution is 2.24. The Kier molecular flexibility index (Phi) is 3.41. The van der Waals surface area contributed by atoms with Crippen LogP contribution in [0.25, 0.3) is 0 Å². The molecule has 2 heterocycles. The number of imidazole rings is 1. The maximum absolute atomic E-state index is 4.48. The number of aromatic nitrogens is 2. The second-order valence-corrected chi connectivity index (χ2v) is 4.42. The van der Waals surface area contributed by atoms with E-state index in [-0.39, 0.29) is 0 Å². The quantitative estimate of drug-likeness (QED) is 0.813. The van der Waals surface area contributed by atoms with Crippen LogP contribution in [0.3, 0.4) is 0 Å². The molecule has 0 spiro atoms. The average molecular weight is 207 g/mol. The zero-order valence-electron chi connectivity index (χ0n) is 9.79. The van der Waals surface area contributed by atoms with Crippen LogP contribution in [0.4, 0.5) is 0 Å². The topological polar surface area (TPSA) is 29.9 Å².